The van der Waals surface area contributed by atoms with Gasteiger partial charge in [0, 0.05) is 44.6 Å². The highest BCUT2D eigenvalue weighted by Crippen LogP contribution is 2.33. The van der Waals surface area contributed by atoms with Crippen molar-refractivity contribution in [2.75, 3.05) is 40.5 Å². The molecule has 4 atom stereocenters. The molecule has 0 bridgehead atoms. The Bertz CT molecular complexity index is 1110. The Morgan fingerprint density at radius 1 is 1.07 bits per heavy atom. The predicted molar refractivity (Wildman–Crippen MR) is 152 cm³/mol. The molecule has 1 amide bonds. The maximum atomic E-state index is 13.4. The minimum Gasteiger partial charge on any atom is -0.467 e. The number of ether oxygens (including phenoxy) is 4. The molecule has 0 aliphatic carbocycles. The Kier molecular flexibility index (Phi) is 10.0. The van der Waals surface area contributed by atoms with E-state index in [0.29, 0.717) is 43.9 Å². The van der Waals surface area contributed by atoms with Crippen LogP contribution in [0.3, 0.4) is 0 Å². The van der Waals surface area contributed by atoms with Crippen molar-refractivity contribution in [3.05, 3.63) is 52.8 Å². The number of hydrogen-bond acceptors (Lipinski definition) is 8. The topological polar surface area (TPSA) is 95.0 Å². The molecule has 5 rings (SSSR count). The molecular formula is C31H44N4O5. The lowest BCUT2D eigenvalue weighted by molar-refractivity contribution is -0.0547. The van der Waals surface area contributed by atoms with Crippen LogP contribution in [0, 0.1) is 6.92 Å². The van der Waals surface area contributed by atoms with Crippen LogP contribution in [0.1, 0.15) is 78.4 Å². The van der Waals surface area contributed by atoms with Crippen LogP contribution in [-0.4, -0.2) is 85.6 Å². The minimum absolute atomic E-state index is 0.0606. The second-order valence-corrected chi connectivity index (χ2v) is 11.3. The fraction of sp³-hybridized carbons (Fsp3) is 0.645. The van der Waals surface area contributed by atoms with E-state index in [1.165, 1.54) is 11.1 Å². The van der Waals surface area contributed by atoms with Gasteiger partial charge in [0.05, 0.1) is 32.0 Å². The van der Waals surface area contributed by atoms with Crippen LogP contribution < -0.4 is 10.1 Å². The summed E-state index contributed by atoms with van der Waals surface area (Å²) >= 11 is 0. The first kappa shape index (κ1) is 28.9. The summed E-state index contributed by atoms with van der Waals surface area (Å²) in [5.74, 6) is -0.0606. The predicted octanol–water partition coefficient (Wildman–Crippen LogP) is 4.03. The fourth-order valence-corrected chi connectivity index (χ4v) is 6.10. The highest BCUT2D eigenvalue weighted by molar-refractivity contribution is 5.92. The van der Waals surface area contributed by atoms with Gasteiger partial charge in [-0.15, -0.1) is 0 Å². The summed E-state index contributed by atoms with van der Waals surface area (Å²) in [5.41, 5.74) is 3.73. The third-order valence-electron chi connectivity index (χ3n) is 8.52. The van der Waals surface area contributed by atoms with Crippen molar-refractivity contribution >= 4 is 5.91 Å². The molecule has 2 aromatic rings. The van der Waals surface area contributed by atoms with Crippen molar-refractivity contribution in [3.63, 3.8) is 0 Å². The molecule has 40 heavy (non-hydrogen) atoms. The molecule has 1 aromatic heterocycles. The van der Waals surface area contributed by atoms with Crippen molar-refractivity contribution in [3.8, 4) is 6.01 Å². The van der Waals surface area contributed by atoms with E-state index in [-0.39, 0.29) is 30.2 Å². The van der Waals surface area contributed by atoms with Crippen molar-refractivity contribution in [1.82, 2.24) is 20.2 Å². The second-order valence-electron chi connectivity index (χ2n) is 11.3. The monoisotopic (exact) mass is 552 g/mol. The fourth-order valence-electron chi connectivity index (χ4n) is 6.10. The third kappa shape index (κ3) is 7.37. The van der Waals surface area contributed by atoms with E-state index < -0.39 is 0 Å². The molecule has 3 aliphatic heterocycles. The molecule has 0 spiro atoms. The van der Waals surface area contributed by atoms with E-state index in [9.17, 15) is 4.79 Å². The van der Waals surface area contributed by atoms with Crippen molar-refractivity contribution < 1.29 is 23.7 Å². The van der Waals surface area contributed by atoms with Gasteiger partial charge in [0.15, 0.2) is 0 Å². The highest BCUT2D eigenvalue weighted by Gasteiger charge is 2.31. The Labute approximate surface area is 237 Å². The average Bonchev–Trinajstić information content (AvgIpc) is 3.00. The summed E-state index contributed by atoms with van der Waals surface area (Å²) in [6, 6.07) is 11.4. The molecule has 1 N–H and O–H groups in total. The second kappa shape index (κ2) is 13.9. The number of rotatable bonds is 9. The summed E-state index contributed by atoms with van der Waals surface area (Å²) < 4.78 is 23.0. The van der Waals surface area contributed by atoms with Crippen LogP contribution in [0.25, 0.3) is 0 Å². The van der Waals surface area contributed by atoms with E-state index >= 15 is 0 Å². The average molecular weight is 553 g/mol. The third-order valence-corrected chi connectivity index (χ3v) is 8.52. The first-order valence-corrected chi connectivity index (χ1v) is 14.8. The van der Waals surface area contributed by atoms with Gasteiger partial charge in [-0.05, 0) is 69.9 Å². The number of hydrogen-bond donors (Lipinski definition) is 1. The molecule has 0 saturated carbocycles. The quantitative estimate of drug-likeness (QED) is 0.498. The number of aryl methyl sites for hydroxylation is 2. The van der Waals surface area contributed by atoms with Gasteiger partial charge in [-0.3, -0.25) is 4.79 Å². The number of piperidine rings is 1. The van der Waals surface area contributed by atoms with Gasteiger partial charge in [0.2, 0.25) is 0 Å². The van der Waals surface area contributed by atoms with Crippen LogP contribution in [0.2, 0.25) is 0 Å². The van der Waals surface area contributed by atoms with Crippen molar-refractivity contribution in [2.45, 2.75) is 88.7 Å². The number of carbonyl (C=O) groups is 1. The lowest BCUT2D eigenvalue weighted by Crippen LogP contribution is -2.54. The van der Waals surface area contributed by atoms with Crippen LogP contribution in [0.15, 0.2) is 30.3 Å². The van der Waals surface area contributed by atoms with Crippen molar-refractivity contribution in [1.29, 1.82) is 0 Å². The molecule has 4 heterocycles. The lowest BCUT2D eigenvalue weighted by Gasteiger charge is -2.38. The number of carbonyl (C=O) groups excluding carboxylic acids is 1. The molecule has 3 fully saturated rings. The van der Waals surface area contributed by atoms with Crippen LogP contribution in [-0.2, 0) is 20.6 Å². The number of aromatic nitrogens is 2. The van der Waals surface area contributed by atoms with Gasteiger partial charge in [0.25, 0.3) is 5.91 Å². The highest BCUT2D eigenvalue weighted by atomic mass is 16.5. The normalized spacial score (nSPS) is 26.0. The smallest absolute Gasteiger partial charge is 0.317 e. The molecule has 9 heteroatoms. The zero-order chi connectivity index (χ0) is 27.9. The van der Waals surface area contributed by atoms with Crippen LogP contribution in [0.4, 0.5) is 0 Å². The summed E-state index contributed by atoms with van der Waals surface area (Å²) in [5, 5.41) is 3.75. The van der Waals surface area contributed by atoms with E-state index in [0.717, 1.165) is 57.2 Å². The van der Waals surface area contributed by atoms with E-state index in [2.05, 4.69) is 46.5 Å². The number of nitrogens with zero attached hydrogens (tertiary/aromatic N) is 3. The lowest BCUT2D eigenvalue weighted by atomic mass is 9.95. The molecule has 9 nitrogen and oxygen atoms in total. The van der Waals surface area contributed by atoms with Crippen LogP contribution >= 0.6 is 0 Å². The minimum atomic E-state index is -0.0606. The number of methoxy groups -OCH3 is 2. The van der Waals surface area contributed by atoms with Crippen LogP contribution in [0.5, 0.6) is 6.01 Å². The first-order valence-electron chi connectivity index (χ1n) is 14.8. The number of nitrogens with one attached hydrogen (secondary N) is 1. The maximum Gasteiger partial charge on any atom is 0.317 e. The van der Waals surface area contributed by atoms with Crippen molar-refractivity contribution in [2.24, 2.45) is 0 Å². The van der Waals surface area contributed by atoms with E-state index in [1.54, 1.807) is 14.2 Å². The number of benzene rings is 1. The Balaban J connectivity index is 1.15. The molecular weight excluding hydrogens is 508 g/mol. The number of amides is 1. The largest absolute Gasteiger partial charge is 0.467 e. The molecule has 3 saturated heterocycles. The molecule has 0 unspecified atom stereocenters. The molecule has 218 valence electrons. The van der Waals surface area contributed by atoms with Gasteiger partial charge in [-0.1, -0.05) is 29.8 Å². The summed E-state index contributed by atoms with van der Waals surface area (Å²) in [7, 11) is 3.29. The first-order chi connectivity index (χ1) is 19.5. The van der Waals surface area contributed by atoms with E-state index in [1.807, 2.05) is 11.0 Å². The van der Waals surface area contributed by atoms with E-state index in [4.69, 9.17) is 18.9 Å². The zero-order valence-corrected chi connectivity index (χ0v) is 24.1. The standard InChI is InChI=1S/C31H44N4O5/c1-21-7-9-22(10-8-21)28-6-4-5-25(40-28)12-11-24-19-27(34-31(33-24)38-3)30(36)35-16-13-23(14-17-35)32-26-15-18-39-20-29(26)37-2/h7-10,19,23,25-26,28-29,32H,4-6,11-18,20H2,1-3H3/t25-,26+,28+,29-/m1/s1. The molecule has 0 radical (unpaired) electrons. The molecule has 1 aromatic carbocycles. The maximum absolute atomic E-state index is 13.4. The molecule has 3 aliphatic rings. The summed E-state index contributed by atoms with van der Waals surface area (Å²) in [6.07, 6.45) is 7.92. The van der Waals surface area contributed by atoms with Gasteiger partial charge in [-0.25, -0.2) is 4.98 Å². The SMILES string of the molecule is COc1nc(CC[C@H]2CCC[C@@H](c3ccc(C)cc3)O2)cc(C(=O)N2CCC(N[C@H]3CCOC[C@H]3OC)CC2)n1. The Morgan fingerprint density at radius 3 is 2.62 bits per heavy atom. The zero-order valence-electron chi connectivity index (χ0n) is 24.1. The van der Waals surface area contributed by atoms with Gasteiger partial charge < -0.3 is 29.2 Å². The number of likely N-dealkylation sites (tertiary alicyclic amines) is 1. The Morgan fingerprint density at radius 2 is 1.88 bits per heavy atom. The summed E-state index contributed by atoms with van der Waals surface area (Å²) in [4.78, 5) is 24.3. The Hall–Kier alpha value is -2.59. The van der Waals surface area contributed by atoms with Gasteiger partial charge in [-0.2, -0.15) is 4.98 Å². The van der Waals surface area contributed by atoms with Gasteiger partial charge in [0.1, 0.15) is 5.69 Å². The summed E-state index contributed by atoms with van der Waals surface area (Å²) in [6.45, 7) is 4.87. The van der Waals surface area contributed by atoms with Gasteiger partial charge >= 0.3 is 6.01 Å².